The summed E-state index contributed by atoms with van der Waals surface area (Å²) in [5.41, 5.74) is 2.42. The van der Waals surface area contributed by atoms with E-state index in [1.807, 2.05) is 12.1 Å². The van der Waals surface area contributed by atoms with Gasteiger partial charge in [-0.05, 0) is 35.9 Å². The molecule has 1 amide bonds. The number of benzene rings is 2. The highest BCUT2D eigenvalue weighted by Gasteiger charge is 2.23. The average molecular weight is 432 g/mol. The lowest BCUT2D eigenvalue weighted by atomic mass is 10.1. The minimum Gasteiger partial charge on any atom is -0.465 e. The predicted octanol–water partition coefficient (Wildman–Crippen LogP) is 1.80. The van der Waals surface area contributed by atoms with Crippen LogP contribution in [0.5, 0.6) is 0 Å². The fourth-order valence-corrected chi connectivity index (χ4v) is 4.11. The number of anilines is 1. The van der Waals surface area contributed by atoms with Crippen LogP contribution in [-0.4, -0.2) is 69.0 Å². The lowest BCUT2D eigenvalue weighted by molar-refractivity contribution is 0.0600. The van der Waals surface area contributed by atoms with E-state index in [4.69, 9.17) is 4.74 Å². The first-order valence-corrected chi connectivity index (χ1v) is 11.4. The maximum Gasteiger partial charge on any atom is 0.337 e. The summed E-state index contributed by atoms with van der Waals surface area (Å²) in [4.78, 5) is 26.3. The molecule has 0 aliphatic carbocycles. The molecule has 9 heteroatoms. The number of hydrogen-bond acceptors (Lipinski definition) is 6. The molecule has 2 aromatic rings. The first-order chi connectivity index (χ1) is 14.3. The van der Waals surface area contributed by atoms with Crippen LogP contribution in [0.2, 0.25) is 0 Å². The molecular formula is C21H25N3O5S. The third-order valence-electron chi connectivity index (χ3n) is 4.96. The van der Waals surface area contributed by atoms with Crippen LogP contribution < -0.4 is 5.32 Å². The number of nitrogens with one attached hydrogen (secondary N) is 1. The number of amides is 1. The molecule has 0 bridgehead atoms. The van der Waals surface area contributed by atoms with E-state index in [0.29, 0.717) is 49.5 Å². The Balaban J connectivity index is 1.57. The molecule has 1 N–H and O–H groups in total. The molecule has 1 heterocycles. The monoisotopic (exact) mass is 431 g/mol. The Hall–Kier alpha value is -2.75. The highest BCUT2D eigenvalue weighted by molar-refractivity contribution is 7.88. The van der Waals surface area contributed by atoms with Crippen molar-refractivity contribution in [2.75, 3.05) is 44.9 Å². The molecule has 30 heavy (non-hydrogen) atoms. The molecule has 1 aliphatic heterocycles. The average Bonchev–Trinajstić information content (AvgIpc) is 2.73. The molecule has 3 rings (SSSR count). The van der Waals surface area contributed by atoms with Gasteiger partial charge in [0.2, 0.25) is 10.0 Å². The standard InChI is InChI=1S/C21H25N3O5S/c1-29-21(26)18-4-3-5-19(14-18)22-20(25)17-8-6-16(7-9-17)15-23-10-12-24(13-11-23)30(2,27)28/h3-9,14H,10-13,15H2,1-2H3,(H,22,25). The third kappa shape index (κ3) is 5.65. The Kier molecular flexibility index (Phi) is 6.86. The number of carbonyl (C=O) groups excluding carboxylic acids is 2. The number of nitrogens with zero attached hydrogens (tertiary/aromatic N) is 2. The third-order valence-corrected chi connectivity index (χ3v) is 6.27. The van der Waals surface area contributed by atoms with Crippen LogP contribution in [0.25, 0.3) is 0 Å². The molecule has 0 unspecified atom stereocenters. The highest BCUT2D eigenvalue weighted by atomic mass is 32.2. The van der Waals surface area contributed by atoms with E-state index in [1.54, 1.807) is 36.4 Å². The second-order valence-electron chi connectivity index (χ2n) is 7.16. The first-order valence-electron chi connectivity index (χ1n) is 9.52. The van der Waals surface area contributed by atoms with Crippen molar-refractivity contribution in [3.8, 4) is 0 Å². The van der Waals surface area contributed by atoms with Crippen LogP contribution in [0, 0.1) is 0 Å². The second-order valence-corrected chi connectivity index (χ2v) is 9.14. The van der Waals surface area contributed by atoms with Crippen LogP contribution in [-0.2, 0) is 21.3 Å². The molecule has 1 fully saturated rings. The Labute approximate surface area is 176 Å². The van der Waals surface area contributed by atoms with Gasteiger partial charge in [0.25, 0.3) is 5.91 Å². The quantitative estimate of drug-likeness (QED) is 0.701. The van der Waals surface area contributed by atoms with Gasteiger partial charge in [-0.1, -0.05) is 18.2 Å². The zero-order valence-electron chi connectivity index (χ0n) is 17.0. The van der Waals surface area contributed by atoms with Crippen molar-refractivity contribution >= 4 is 27.6 Å². The number of carbonyl (C=O) groups is 2. The summed E-state index contributed by atoms with van der Waals surface area (Å²) in [7, 11) is -1.83. The predicted molar refractivity (Wildman–Crippen MR) is 114 cm³/mol. The molecular weight excluding hydrogens is 406 g/mol. The number of piperazine rings is 1. The maximum absolute atomic E-state index is 12.5. The molecule has 0 saturated carbocycles. The van der Waals surface area contributed by atoms with Crippen LogP contribution >= 0.6 is 0 Å². The molecule has 0 aromatic heterocycles. The number of sulfonamides is 1. The fourth-order valence-electron chi connectivity index (χ4n) is 3.28. The van der Waals surface area contributed by atoms with Crippen molar-refractivity contribution in [2.24, 2.45) is 0 Å². The summed E-state index contributed by atoms with van der Waals surface area (Å²) in [6.07, 6.45) is 1.23. The summed E-state index contributed by atoms with van der Waals surface area (Å²) in [6, 6.07) is 13.8. The van der Waals surface area contributed by atoms with E-state index in [0.717, 1.165) is 5.56 Å². The maximum atomic E-state index is 12.5. The molecule has 0 spiro atoms. The van der Waals surface area contributed by atoms with Crippen LogP contribution in [0.4, 0.5) is 5.69 Å². The van der Waals surface area contributed by atoms with E-state index in [9.17, 15) is 18.0 Å². The van der Waals surface area contributed by atoms with Crippen molar-refractivity contribution < 1.29 is 22.7 Å². The normalized spacial score (nSPS) is 15.5. The number of ether oxygens (including phenoxy) is 1. The molecule has 8 nitrogen and oxygen atoms in total. The largest absolute Gasteiger partial charge is 0.465 e. The minimum absolute atomic E-state index is 0.273. The van der Waals surface area contributed by atoms with Crippen LogP contribution in [0.1, 0.15) is 26.3 Å². The Morgan fingerprint density at radius 2 is 1.67 bits per heavy atom. The van der Waals surface area contributed by atoms with Crippen molar-refractivity contribution in [1.29, 1.82) is 0 Å². The van der Waals surface area contributed by atoms with Gasteiger partial charge in [0.05, 0.1) is 18.9 Å². The number of hydrogen-bond donors (Lipinski definition) is 1. The van der Waals surface area contributed by atoms with Gasteiger partial charge in [0.1, 0.15) is 0 Å². The van der Waals surface area contributed by atoms with Gasteiger partial charge in [0, 0.05) is 44.0 Å². The van der Waals surface area contributed by atoms with Crippen molar-refractivity contribution in [2.45, 2.75) is 6.54 Å². The Morgan fingerprint density at radius 1 is 1.00 bits per heavy atom. The number of methoxy groups -OCH3 is 1. The molecule has 0 atom stereocenters. The van der Waals surface area contributed by atoms with Gasteiger partial charge in [-0.2, -0.15) is 4.31 Å². The Morgan fingerprint density at radius 3 is 2.27 bits per heavy atom. The zero-order chi connectivity index (χ0) is 21.7. The number of rotatable bonds is 6. The molecule has 0 radical (unpaired) electrons. The zero-order valence-corrected chi connectivity index (χ0v) is 17.8. The van der Waals surface area contributed by atoms with E-state index >= 15 is 0 Å². The molecule has 2 aromatic carbocycles. The van der Waals surface area contributed by atoms with Crippen LogP contribution in [0.15, 0.2) is 48.5 Å². The molecule has 160 valence electrons. The van der Waals surface area contributed by atoms with Gasteiger partial charge in [0.15, 0.2) is 0 Å². The van der Waals surface area contributed by atoms with Gasteiger partial charge in [-0.15, -0.1) is 0 Å². The summed E-state index contributed by atoms with van der Waals surface area (Å²) in [6.45, 7) is 3.02. The summed E-state index contributed by atoms with van der Waals surface area (Å²) < 4.78 is 29.4. The van der Waals surface area contributed by atoms with E-state index < -0.39 is 16.0 Å². The molecule has 1 saturated heterocycles. The van der Waals surface area contributed by atoms with Crippen molar-refractivity contribution in [3.63, 3.8) is 0 Å². The summed E-state index contributed by atoms with van der Waals surface area (Å²) >= 11 is 0. The van der Waals surface area contributed by atoms with E-state index in [2.05, 4.69) is 10.2 Å². The van der Waals surface area contributed by atoms with Crippen LogP contribution in [0.3, 0.4) is 0 Å². The van der Waals surface area contributed by atoms with Gasteiger partial charge >= 0.3 is 5.97 Å². The lowest BCUT2D eigenvalue weighted by Crippen LogP contribution is -2.47. The highest BCUT2D eigenvalue weighted by Crippen LogP contribution is 2.15. The van der Waals surface area contributed by atoms with Crippen molar-refractivity contribution in [1.82, 2.24) is 9.21 Å². The SMILES string of the molecule is COC(=O)c1cccc(NC(=O)c2ccc(CN3CCN(S(C)(=O)=O)CC3)cc2)c1. The topological polar surface area (TPSA) is 96.0 Å². The van der Waals surface area contributed by atoms with E-state index in [1.165, 1.54) is 17.7 Å². The minimum atomic E-state index is -3.14. The fraction of sp³-hybridized carbons (Fsp3) is 0.333. The lowest BCUT2D eigenvalue weighted by Gasteiger charge is -2.33. The number of esters is 1. The second kappa shape index (κ2) is 9.38. The van der Waals surface area contributed by atoms with Gasteiger partial charge in [-0.3, -0.25) is 9.69 Å². The summed E-state index contributed by atoms with van der Waals surface area (Å²) in [5.74, 6) is -0.738. The smallest absolute Gasteiger partial charge is 0.337 e. The van der Waals surface area contributed by atoms with Gasteiger partial charge in [-0.25, -0.2) is 13.2 Å². The van der Waals surface area contributed by atoms with Gasteiger partial charge < -0.3 is 10.1 Å². The molecule has 1 aliphatic rings. The first kappa shape index (κ1) is 21.9. The summed E-state index contributed by atoms with van der Waals surface area (Å²) in [5, 5.41) is 2.78. The Bertz CT molecular complexity index is 1010. The van der Waals surface area contributed by atoms with E-state index in [-0.39, 0.29) is 5.91 Å². The van der Waals surface area contributed by atoms with Crippen molar-refractivity contribution in [3.05, 3.63) is 65.2 Å².